The molecule has 17 nitrogen and oxygen atoms in total. The number of amides is 6. The summed E-state index contributed by atoms with van der Waals surface area (Å²) in [4.78, 5) is 71.3. The van der Waals surface area contributed by atoms with Gasteiger partial charge >= 0.3 is 12.2 Å². The molecule has 0 bridgehead atoms. The first-order valence-electron chi connectivity index (χ1n) is 19.7. The number of carbonyl (C=O) groups is 6. The number of primary amides is 1. The number of rotatable bonds is 14. The molecule has 330 valence electrons. The van der Waals surface area contributed by atoms with Gasteiger partial charge in [-0.25, -0.2) is 27.1 Å². The van der Waals surface area contributed by atoms with E-state index in [0.29, 0.717) is 31.5 Å². The third kappa shape index (κ3) is 15.5. The molecule has 1 saturated carbocycles. The van der Waals surface area contributed by atoms with E-state index in [-0.39, 0.29) is 53.2 Å². The van der Waals surface area contributed by atoms with Gasteiger partial charge in [0, 0.05) is 31.6 Å². The number of nitrogens with one attached hydrogen (secondary N) is 3. The van der Waals surface area contributed by atoms with Crippen molar-refractivity contribution in [2.75, 3.05) is 26.7 Å². The molecule has 2 heterocycles. The minimum Gasteiger partial charge on any atom is -0.482 e. The summed E-state index contributed by atoms with van der Waals surface area (Å²) in [5.74, 6) is -2.29. The number of nitrogens with zero attached hydrogens (tertiary/aromatic N) is 2. The number of likely N-dealkylation sites (tertiary alicyclic amines) is 1. The number of fused-ring (bicyclic) bond motifs is 1. The van der Waals surface area contributed by atoms with Crippen molar-refractivity contribution in [3.63, 3.8) is 0 Å². The van der Waals surface area contributed by atoms with Crippen molar-refractivity contribution in [1.82, 2.24) is 25.2 Å². The average molecular weight is 861 g/mol. The molecule has 1 unspecified atom stereocenters. The number of carboxylic acid groups (broad SMARTS) is 1. The summed E-state index contributed by atoms with van der Waals surface area (Å²) in [6.07, 6.45) is 8.93. The van der Waals surface area contributed by atoms with E-state index in [9.17, 15) is 41.6 Å². The van der Waals surface area contributed by atoms with Crippen LogP contribution in [-0.2, 0) is 47.0 Å². The maximum atomic E-state index is 13.1. The summed E-state index contributed by atoms with van der Waals surface area (Å²) in [6, 6.07) is 10.1. The summed E-state index contributed by atoms with van der Waals surface area (Å²) in [7, 11) is -2.56. The zero-order chi connectivity index (χ0) is 44.6. The molecule has 2 aromatic rings. The van der Waals surface area contributed by atoms with E-state index in [4.69, 9.17) is 20.3 Å². The van der Waals surface area contributed by atoms with Gasteiger partial charge in [0.05, 0.1) is 6.54 Å². The molecule has 5 rings (SSSR count). The lowest BCUT2D eigenvalue weighted by Gasteiger charge is -2.24. The molecule has 3 atom stereocenters. The largest absolute Gasteiger partial charge is 0.482 e. The van der Waals surface area contributed by atoms with Crippen LogP contribution in [0, 0.1) is 17.7 Å². The highest BCUT2D eigenvalue weighted by atomic mass is 32.2. The van der Waals surface area contributed by atoms with E-state index in [1.54, 1.807) is 46.0 Å². The number of sulfonamides is 1. The summed E-state index contributed by atoms with van der Waals surface area (Å²) in [5, 5.41) is 13.6. The Hall–Kier alpha value is -5.72. The highest BCUT2D eigenvalue weighted by Gasteiger charge is 2.42. The number of nitrogens with two attached hydrogens (primary N) is 1. The number of halogens is 1. The second kappa shape index (κ2) is 22.6. The number of para-hydroxylation sites is 1. The van der Waals surface area contributed by atoms with Crippen LogP contribution in [0.25, 0.3) is 0 Å². The van der Waals surface area contributed by atoms with Gasteiger partial charge in [0.1, 0.15) is 34.6 Å². The molecule has 6 N–H and O–H groups in total. The first kappa shape index (κ1) is 48.6. The van der Waals surface area contributed by atoms with E-state index < -0.39 is 52.3 Å². The molecule has 1 saturated heterocycles. The minimum absolute atomic E-state index is 0.0280. The van der Waals surface area contributed by atoms with Crippen LogP contribution >= 0.6 is 0 Å². The van der Waals surface area contributed by atoms with Crippen LogP contribution in [0.3, 0.4) is 0 Å². The number of hydrogen-bond donors (Lipinski definition) is 5. The van der Waals surface area contributed by atoms with E-state index in [0.717, 1.165) is 31.2 Å². The molecular weight excluding hydrogens is 804 g/mol. The van der Waals surface area contributed by atoms with Crippen molar-refractivity contribution >= 4 is 45.8 Å². The average Bonchev–Trinajstić information content (AvgIpc) is 3.54. The smallest absolute Gasteiger partial charge is 0.408 e. The molecule has 6 amide bonds. The number of unbranched alkanes of at least 4 members (excludes halogenated alkanes) is 3. The molecule has 1 aliphatic carbocycles. The Labute approximate surface area is 350 Å². The van der Waals surface area contributed by atoms with E-state index in [2.05, 4.69) is 28.4 Å². The van der Waals surface area contributed by atoms with Crippen molar-refractivity contribution < 1.29 is 56.2 Å². The maximum Gasteiger partial charge on any atom is 0.408 e. The Morgan fingerprint density at radius 3 is 2.37 bits per heavy atom. The van der Waals surface area contributed by atoms with Crippen molar-refractivity contribution in [2.45, 2.75) is 102 Å². The van der Waals surface area contributed by atoms with Gasteiger partial charge in [-0.15, -0.1) is 0 Å². The summed E-state index contributed by atoms with van der Waals surface area (Å²) >= 11 is 0. The SMILES string of the molecule is CCCCC/C=C\C1C[C@@H]1C(=O)NS(=O)(=O)c1ccccc1OCC(N)=O.CNC(=O)[C@@H]1CCCN1C(=O)CNC(=O)OC(C)(C)C.O=C(O)N1Cc2cccc(F)c2C1. The molecule has 0 spiro atoms. The minimum atomic E-state index is -4.10. The van der Waals surface area contributed by atoms with Crippen molar-refractivity contribution in [3.05, 3.63) is 71.6 Å². The predicted molar refractivity (Wildman–Crippen MR) is 218 cm³/mol. The van der Waals surface area contributed by atoms with Crippen LogP contribution in [0.15, 0.2) is 59.5 Å². The van der Waals surface area contributed by atoms with Gasteiger partial charge in [0.2, 0.25) is 17.7 Å². The van der Waals surface area contributed by atoms with Gasteiger partial charge in [0.15, 0.2) is 6.61 Å². The topological polar surface area (TPSA) is 244 Å². The summed E-state index contributed by atoms with van der Waals surface area (Å²) < 4.78 is 50.5. The third-order valence-corrected chi connectivity index (χ3v) is 10.8. The molecular formula is C41H57FN6O11S. The van der Waals surface area contributed by atoms with Gasteiger partial charge in [-0.05, 0) is 82.6 Å². The Bertz CT molecular complexity index is 1990. The molecule has 2 aromatic carbocycles. The number of alkyl carbamates (subject to hydrolysis) is 1. The second-order valence-electron chi connectivity index (χ2n) is 15.3. The zero-order valence-corrected chi connectivity index (χ0v) is 35.5. The number of allylic oxidation sites excluding steroid dienone is 2. The Balaban J connectivity index is 0.000000255. The fourth-order valence-corrected chi connectivity index (χ4v) is 7.48. The Morgan fingerprint density at radius 2 is 1.73 bits per heavy atom. The standard InChI is InChI=1S/C19H26N2O5S.C13H23N3O4.C9H8FNO2/c1-2-3-4-5-6-9-14-12-15(14)19(23)21-27(24,25)17-11-8-7-10-16(17)26-13-18(20)22;1-13(2,3)20-12(19)15-8-10(17)16-7-5-6-9(16)11(18)14-4;10-8-3-1-2-6-4-11(9(12)13)5-7(6)8/h6-11,14-15H,2-5,12-13H2,1H3,(H2,20,22)(H,21,23);9H,5-8H2,1-4H3,(H,14,18)(H,15,19);1-3H,4-5H2,(H,12,13)/b9-6-;;/t14?,15-;9-;/m00./s1. The van der Waals surface area contributed by atoms with E-state index in [1.807, 2.05) is 6.08 Å². The fourth-order valence-electron chi connectivity index (χ4n) is 6.30. The quantitative estimate of drug-likeness (QED) is 0.133. The van der Waals surface area contributed by atoms with E-state index >= 15 is 0 Å². The van der Waals surface area contributed by atoms with Gasteiger partial charge in [-0.2, -0.15) is 0 Å². The monoisotopic (exact) mass is 860 g/mol. The Morgan fingerprint density at radius 1 is 1.02 bits per heavy atom. The molecule has 0 aromatic heterocycles. The lowest BCUT2D eigenvalue weighted by molar-refractivity contribution is -0.137. The molecule has 2 aliphatic heterocycles. The maximum absolute atomic E-state index is 13.1. The van der Waals surface area contributed by atoms with Gasteiger partial charge in [-0.1, -0.05) is 56.2 Å². The molecule has 60 heavy (non-hydrogen) atoms. The van der Waals surface area contributed by atoms with Crippen molar-refractivity contribution in [2.24, 2.45) is 17.6 Å². The number of likely N-dealkylation sites (N-methyl/N-ethyl adjacent to an activating group) is 1. The molecule has 19 heteroatoms. The highest BCUT2D eigenvalue weighted by molar-refractivity contribution is 7.90. The molecule has 0 radical (unpaired) electrons. The first-order chi connectivity index (χ1) is 28.3. The zero-order valence-electron chi connectivity index (χ0n) is 34.7. The lowest BCUT2D eigenvalue weighted by atomic mass is 10.1. The van der Waals surface area contributed by atoms with Gasteiger partial charge < -0.3 is 35.8 Å². The van der Waals surface area contributed by atoms with Gasteiger partial charge in [0.25, 0.3) is 15.9 Å². The van der Waals surface area contributed by atoms with Crippen LogP contribution < -0.4 is 25.8 Å². The van der Waals surface area contributed by atoms with Crippen LogP contribution in [0.5, 0.6) is 5.75 Å². The summed E-state index contributed by atoms with van der Waals surface area (Å²) in [5.41, 5.74) is 5.69. The second-order valence-corrected chi connectivity index (χ2v) is 17.0. The van der Waals surface area contributed by atoms with Crippen LogP contribution in [0.4, 0.5) is 14.0 Å². The third-order valence-electron chi connectivity index (χ3n) is 9.38. The fraction of sp³-hybridized carbons (Fsp3) is 0.512. The van der Waals surface area contributed by atoms with Crippen molar-refractivity contribution in [1.29, 1.82) is 0 Å². The normalized spacial score (nSPS) is 17.9. The lowest BCUT2D eigenvalue weighted by Crippen LogP contribution is -2.48. The number of ether oxygens (including phenoxy) is 2. The number of hydrogen-bond acceptors (Lipinski definition) is 10. The summed E-state index contributed by atoms with van der Waals surface area (Å²) in [6.45, 7) is 7.76. The predicted octanol–water partition coefficient (Wildman–Crippen LogP) is 4.20. The van der Waals surface area contributed by atoms with Gasteiger partial charge in [-0.3, -0.25) is 24.1 Å². The molecule has 2 fully saturated rings. The highest BCUT2D eigenvalue weighted by Crippen LogP contribution is 2.40. The van der Waals surface area contributed by atoms with Crippen LogP contribution in [0.2, 0.25) is 0 Å². The van der Waals surface area contributed by atoms with E-state index in [1.165, 1.54) is 40.5 Å². The van der Waals surface area contributed by atoms with Crippen LogP contribution in [0.1, 0.15) is 83.8 Å². The first-order valence-corrected chi connectivity index (χ1v) is 21.2. The van der Waals surface area contributed by atoms with Crippen molar-refractivity contribution in [3.8, 4) is 5.75 Å². The number of carbonyl (C=O) groups excluding carboxylic acids is 5. The number of benzene rings is 2. The van der Waals surface area contributed by atoms with Crippen LogP contribution in [-0.4, -0.2) is 97.5 Å². The Kier molecular flexibility index (Phi) is 18.3. The molecule has 3 aliphatic rings.